The van der Waals surface area contributed by atoms with Gasteiger partial charge in [-0.1, -0.05) is 30.3 Å². The van der Waals surface area contributed by atoms with Gasteiger partial charge in [0.2, 0.25) is 0 Å². The molecule has 1 aliphatic rings. The molecule has 0 fully saturated rings. The van der Waals surface area contributed by atoms with Crippen molar-refractivity contribution in [3.05, 3.63) is 47.9 Å². The van der Waals surface area contributed by atoms with Gasteiger partial charge in [-0.2, -0.15) is 0 Å². The van der Waals surface area contributed by atoms with E-state index in [9.17, 15) is 0 Å². The Morgan fingerprint density at radius 2 is 2.11 bits per heavy atom. The first-order valence-electron chi connectivity index (χ1n) is 6.01. The zero-order valence-corrected chi connectivity index (χ0v) is 10.6. The monoisotopic (exact) mass is 257 g/mol. The van der Waals surface area contributed by atoms with Gasteiger partial charge in [0.1, 0.15) is 12.0 Å². The van der Waals surface area contributed by atoms with Gasteiger partial charge in [-0.25, -0.2) is 15.0 Å². The molecule has 2 aromatic rings. The maximum absolute atomic E-state index is 6.04. The SMILES string of the molecule is CON1C=Nc2c(ncn2Cc2ccccc2)C1N. The van der Waals surface area contributed by atoms with E-state index >= 15 is 0 Å². The molecule has 0 saturated heterocycles. The number of aromatic nitrogens is 2. The number of hydrogen-bond acceptors (Lipinski definition) is 5. The topological polar surface area (TPSA) is 68.7 Å². The van der Waals surface area contributed by atoms with Crippen molar-refractivity contribution < 1.29 is 4.84 Å². The molecule has 1 aromatic heterocycles. The number of hydrogen-bond donors (Lipinski definition) is 1. The number of rotatable bonds is 3. The van der Waals surface area contributed by atoms with Gasteiger partial charge in [0.05, 0.1) is 20.0 Å². The lowest BCUT2D eigenvalue weighted by molar-refractivity contribution is -0.0942. The summed E-state index contributed by atoms with van der Waals surface area (Å²) in [5.41, 5.74) is 7.96. The lowest BCUT2D eigenvalue weighted by Crippen LogP contribution is -2.34. The third-order valence-electron chi connectivity index (χ3n) is 3.09. The number of hydroxylamine groups is 2. The Kier molecular flexibility index (Phi) is 3.02. The lowest BCUT2D eigenvalue weighted by atomic mass is 10.2. The summed E-state index contributed by atoms with van der Waals surface area (Å²) in [7, 11) is 1.55. The van der Waals surface area contributed by atoms with Crippen LogP contribution < -0.4 is 5.73 Å². The third-order valence-corrected chi connectivity index (χ3v) is 3.09. The van der Waals surface area contributed by atoms with Gasteiger partial charge in [0.15, 0.2) is 12.0 Å². The van der Waals surface area contributed by atoms with E-state index in [0.717, 1.165) is 18.1 Å². The van der Waals surface area contributed by atoms with Gasteiger partial charge in [-0.05, 0) is 5.56 Å². The molecule has 6 nitrogen and oxygen atoms in total. The summed E-state index contributed by atoms with van der Waals surface area (Å²) in [5, 5.41) is 1.47. The maximum Gasteiger partial charge on any atom is 0.161 e. The lowest BCUT2D eigenvalue weighted by Gasteiger charge is -2.26. The molecule has 1 unspecified atom stereocenters. The van der Waals surface area contributed by atoms with Gasteiger partial charge in [0, 0.05) is 0 Å². The van der Waals surface area contributed by atoms with E-state index in [0.29, 0.717) is 0 Å². The average molecular weight is 257 g/mol. The van der Waals surface area contributed by atoms with Crippen molar-refractivity contribution in [3.8, 4) is 0 Å². The van der Waals surface area contributed by atoms with E-state index < -0.39 is 6.17 Å². The predicted molar refractivity (Wildman–Crippen MR) is 71.7 cm³/mol. The first-order valence-corrected chi connectivity index (χ1v) is 6.01. The molecular weight excluding hydrogens is 242 g/mol. The van der Waals surface area contributed by atoms with Crippen molar-refractivity contribution >= 4 is 12.2 Å². The molecule has 1 aliphatic heterocycles. The van der Waals surface area contributed by atoms with Crippen LogP contribution in [0.4, 0.5) is 5.82 Å². The van der Waals surface area contributed by atoms with Crippen LogP contribution in [-0.4, -0.2) is 28.1 Å². The minimum absolute atomic E-state index is 0.422. The molecular formula is C13H15N5O. The predicted octanol–water partition coefficient (Wildman–Crippen LogP) is 1.43. The zero-order chi connectivity index (χ0) is 13.2. The summed E-state index contributed by atoms with van der Waals surface area (Å²) in [6.45, 7) is 0.722. The van der Waals surface area contributed by atoms with E-state index in [4.69, 9.17) is 10.6 Å². The Bertz CT molecular complexity index is 592. The number of nitrogens with zero attached hydrogens (tertiary/aromatic N) is 4. The summed E-state index contributed by atoms with van der Waals surface area (Å²) < 4.78 is 1.98. The molecule has 1 aromatic carbocycles. The second kappa shape index (κ2) is 4.83. The minimum Gasteiger partial charge on any atom is -0.311 e. The van der Waals surface area contributed by atoms with Gasteiger partial charge in [-0.15, -0.1) is 0 Å². The van der Waals surface area contributed by atoms with Crippen LogP contribution >= 0.6 is 0 Å². The third kappa shape index (κ3) is 2.11. The summed E-state index contributed by atoms with van der Waals surface area (Å²) in [6.07, 6.45) is 2.92. The van der Waals surface area contributed by atoms with Gasteiger partial charge in [0.25, 0.3) is 0 Å². The summed E-state index contributed by atoms with van der Waals surface area (Å²) in [6, 6.07) is 10.2. The van der Waals surface area contributed by atoms with E-state index in [1.807, 2.05) is 22.8 Å². The first-order chi connectivity index (χ1) is 9.29. The van der Waals surface area contributed by atoms with Crippen molar-refractivity contribution in [1.29, 1.82) is 0 Å². The van der Waals surface area contributed by atoms with E-state index in [1.54, 1.807) is 19.8 Å². The Labute approximate surface area is 111 Å². The van der Waals surface area contributed by atoms with Crippen molar-refractivity contribution in [1.82, 2.24) is 14.6 Å². The van der Waals surface area contributed by atoms with E-state index in [2.05, 4.69) is 22.1 Å². The van der Waals surface area contributed by atoms with Crippen LogP contribution in [0.15, 0.2) is 41.7 Å². The minimum atomic E-state index is -0.422. The highest BCUT2D eigenvalue weighted by Gasteiger charge is 2.25. The molecule has 2 N–H and O–H groups in total. The number of aliphatic imine (C=N–C) groups is 1. The van der Waals surface area contributed by atoms with Crippen LogP contribution in [-0.2, 0) is 11.4 Å². The standard InChI is InChI=1S/C13H15N5O/c1-19-18-9-16-13-11(12(18)14)15-8-17(13)7-10-5-3-2-4-6-10/h2-6,8-9,12H,7,14H2,1H3. The molecule has 0 radical (unpaired) electrons. The molecule has 2 heterocycles. The zero-order valence-electron chi connectivity index (χ0n) is 10.6. The smallest absolute Gasteiger partial charge is 0.161 e. The number of nitrogens with two attached hydrogens (primary N) is 1. The maximum atomic E-state index is 6.04. The Morgan fingerprint density at radius 1 is 1.32 bits per heavy atom. The number of benzene rings is 1. The average Bonchev–Trinajstić information content (AvgIpc) is 2.85. The van der Waals surface area contributed by atoms with Crippen LogP contribution in [0.2, 0.25) is 0 Å². The highest BCUT2D eigenvalue weighted by Crippen LogP contribution is 2.29. The van der Waals surface area contributed by atoms with Crippen molar-refractivity contribution in [3.63, 3.8) is 0 Å². The van der Waals surface area contributed by atoms with Crippen molar-refractivity contribution in [2.24, 2.45) is 10.7 Å². The Balaban J connectivity index is 1.90. The van der Waals surface area contributed by atoms with Gasteiger partial charge < -0.3 is 10.3 Å². The second-order valence-electron chi connectivity index (χ2n) is 4.30. The summed E-state index contributed by atoms with van der Waals surface area (Å²) >= 11 is 0. The highest BCUT2D eigenvalue weighted by atomic mass is 16.7. The molecule has 98 valence electrons. The van der Waals surface area contributed by atoms with Crippen LogP contribution in [0.1, 0.15) is 17.4 Å². The molecule has 0 saturated carbocycles. The number of fused-ring (bicyclic) bond motifs is 1. The van der Waals surface area contributed by atoms with Gasteiger partial charge >= 0.3 is 0 Å². The highest BCUT2D eigenvalue weighted by molar-refractivity contribution is 5.64. The molecule has 0 aliphatic carbocycles. The molecule has 19 heavy (non-hydrogen) atoms. The fourth-order valence-corrected chi connectivity index (χ4v) is 2.10. The first kappa shape index (κ1) is 11.9. The molecule has 6 heteroatoms. The van der Waals surface area contributed by atoms with Crippen molar-refractivity contribution in [2.75, 3.05) is 7.11 Å². The fourth-order valence-electron chi connectivity index (χ4n) is 2.10. The van der Waals surface area contributed by atoms with Crippen LogP contribution in [0.25, 0.3) is 0 Å². The van der Waals surface area contributed by atoms with Crippen molar-refractivity contribution in [2.45, 2.75) is 12.7 Å². The Morgan fingerprint density at radius 3 is 2.84 bits per heavy atom. The van der Waals surface area contributed by atoms with Crippen LogP contribution in [0.5, 0.6) is 0 Å². The second-order valence-corrected chi connectivity index (χ2v) is 4.30. The molecule has 0 bridgehead atoms. The summed E-state index contributed by atoms with van der Waals surface area (Å²) in [4.78, 5) is 13.8. The van der Waals surface area contributed by atoms with E-state index in [-0.39, 0.29) is 0 Å². The van der Waals surface area contributed by atoms with Crippen LogP contribution in [0, 0.1) is 0 Å². The molecule has 0 spiro atoms. The van der Waals surface area contributed by atoms with Gasteiger partial charge in [-0.3, -0.25) is 4.84 Å². The number of imidazole rings is 1. The summed E-state index contributed by atoms with van der Waals surface area (Å²) in [5.74, 6) is 0.782. The normalized spacial score (nSPS) is 17.6. The quantitative estimate of drug-likeness (QED) is 0.903. The van der Waals surface area contributed by atoms with Crippen LogP contribution in [0.3, 0.4) is 0 Å². The molecule has 0 amide bonds. The largest absolute Gasteiger partial charge is 0.311 e. The fraction of sp³-hybridized carbons (Fsp3) is 0.231. The molecule has 1 atom stereocenters. The molecule has 3 rings (SSSR count). The van der Waals surface area contributed by atoms with E-state index in [1.165, 1.54) is 10.6 Å². The Hall–Kier alpha value is -2.18.